The van der Waals surface area contributed by atoms with E-state index < -0.39 is 0 Å². The highest BCUT2D eigenvalue weighted by atomic mass is 127. The van der Waals surface area contributed by atoms with Crippen LogP contribution in [0, 0.1) is 6.92 Å². The summed E-state index contributed by atoms with van der Waals surface area (Å²) >= 11 is 0. The SMILES string of the molecule is COc1ccc(NC(N)=NCCC(=O)Nc2ccc(C)cn2)cc1OC.I. The van der Waals surface area contributed by atoms with E-state index in [0.717, 1.165) is 5.56 Å². The summed E-state index contributed by atoms with van der Waals surface area (Å²) < 4.78 is 10.4. The van der Waals surface area contributed by atoms with Crippen LogP contribution in [0.15, 0.2) is 41.5 Å². The fourth-order valence-electron chi connectivity index (χ4n) is 2.13. The molecule has 0 saturated carbocycles. The largest absolute Gasteiger partial charge is 0.493 e. The molecular formula is C18H24IN5O3. The van der Waals surface area contributed by atoms with Crippen molar-refractivity contribution in [2.45, 2.75) is 13.3 Å². The molecule has 0 atom stereocenters. The number of amides is 1. The number of carbonyl (C=O) groups is 1. The van der Waals surface area contributed by atoms with Crippen LogP contribution >= 0.6 is 24.0 Å². The Morgan fingerprint density at radius 3 is 2.52 bits per heavy atom. The number of benzene rings is 1. The first-order chi connectivity index (χ1) is 12.5. The highest BCUT2D eigenvalue weighted by Crippen LogP contribution is 2.29. The normalized spacial score (nSPS) is 10.6. The van der Waals surface area contributed by atoms with Crippen LogP contribution < -0.4 is 25.8 Å². The number of aliphatic imine (C=N–C) groups is 1. The molecule has 0 aliphatic carbocycles. The van der Waals surface area contributed by atoms with Gasteiger partial charge in [0.2, 0.25) is 5.91 Å². The number of aryl methyl sites for hydroxylation is 1. The number of guanidine groups is 1. The predicted molar refractivity (Wildman–Crippen MR) is 117 cm³/mol. The Morgan fingerprint density at radius 2 is 1.89 bits per heavy atom. The van der Waals surface area contributed by atoms with Gasteiger partial charge in [0.05, 0.1) is 20.8 Å². The Bertz CT molecular complexity index is 781. The van der Waals surface area contributed by atoms with Gasteiger partial charge >= 0.3 is 0 Å². The number of carbonyl (C=O) groups excluding carboxylic acids is 1. The molecule has 27 heavy (non-hydrogen) atoms. The number of hydrogen-bond acceptors (Lipinski definition) is 5. The maximum atomic E-state index is 11.9. The maximum absolute atomic E-state index is 11.9. The first kappa shape index (κ1) is 22.5. The van der Waals surface area contributed by atoms with Gasteiger partial charge in [-0.3, -0.25) is 9.79 Å². The summed E-state index contributed by atoms with van der Waals surface area (Å²) in [4.78, 5) is 20.1. The van der Waals surface area contributed by atoms with E-state index in [9.17, 15) is 4.79 Å². The van der Waals surface area contributed by atoms with Gasteiger partial charge in [-0.05, 0) is 30.7 Å². The van der Waals surface area contributed by atoms with Crippen LogP contribution in [0.25, 0.3) is 0 Å². The fourth-order valence-corrected chi connectivity index (χ4v) is 2.13. The molecule has 1 aromatic carbocycles. The molecule has 4 N–H and O–H groups in total. The molecule has 9 heteroatoms. The van der Waals surface area contributed by atoms with Crippen molar-refractivity contribution in [3.63, 3.8) is 0 Å². The molecule has 146 valence electrons. The van der Waals surface area contributed by atoms with Crippen molar-refractivity contribution < 1.29 is 14.3 Å². The number of nitrogens with zero attached hydrogens (tertiary/aromatic N) is 2. The van der Waals surface area contributed by atoms with E-state index in [1.807, 2.05) is 13.0 Å². The van der Waals surface area contributed by atoms with Gasteiger partial charge in [0.25, 0.3) is 0 Å². The number of hydrogen-bond donors (Lipinski definition) is 3. The quantitative estimate of drug-likeness (QED) is 0.316. The molecular weight excluding hydrogens is 461 g/mol. The predicted octanol–water partition coefficient (Wildman–Crippen LogP) is 2.78. The molecule has 8 nitrogen and oxygen atoms in total. The van der Waals surface area contributed by atoms with Crippen LogP contribution in [0.5, 0.6) is 11.5 Å². The smallest absolute Gasteiger partial charge is 0.227 e. The number of anilines is 2. The van der Waals surface area contributed by atoms with Crippen molar-refractivity contribution >= 4 is 47.3 Å². The van der Waals surface area contributed by atoms with Crippen molar-refractivity contribution in [3.8, 4) is 11.5 Å². The monoisotopic (exact) mass is 485 g/mol. The molecule has 2 aromatic rings. The molecule has 2 rings (SSSR count). The van der Waals surface area contributed by atoms with E-state index in [1.165, 1.54) is 0 Å². The Labute approximate surface area is 175 Å². The van der Waals surface area contributed by atoms with E-state index >= 15 is 0 Å². The third-order valence-corrected chi connectivity index (χ3v) is 3.46. The highest BCUT2D eigenvalue weighted by molar-refractivity contribution is 14.0. The summed E-state index contributed by atoms with van der Waals surface area (Å²) in [6.45, 7) is 2.19. The lowest BCUT2D eigenvalue weighted by Gasteiger charge is -2.11. The molecule has 0 radical (unpaired) electrons. The summed E-state index contributed by atoms with van der Waals surface area (Å²) in [7, 11) is 3.12. The first-order valence-corrected chi connectivity index (χ1v) is 8.03. The zero-order valence-electron chi connectivity index (χ0n) is 15.5. The molecule has 1 aromatic heterocycles. The Hall–Kier alpha value is -2.56. The molecule has 0 unspecified atom stereocenters. The van der Waals surface area contributed by atoms with Crippen LogP contribution in [-0.4, -0.2) is 37.6 Å². The van der Waals surface area contributed by atoms with Crippen molar-refractivity contribution in [2.75, 3.05) is 31.4 Å². The molecule has 0 aliphatic rings. The molecule has 0 saturated heterocycles. The van der Waals surface area contributed by atoms with Gasteiger partial charge in [-0.2, -0.15) is 0 Å². The summed E-state index contributed by atoms with van der Waals surface area (Å²) in [5.74, 6) is 1.74. The molecule has 0 aliphatic heterocycles. The number of halogens is 1. The van der Waals surface area contributed by atoms with Gasteiger partial charge in [0, 0.05) is 24.4 Å². The Kier molecular flexibility index (Phi) is 9.34. The van der Waals surface area contributed by atoms with Crippen LogP contribution in [-0.2, 0) is 4.79 Å². The van der Waals surface area contributed by atoms with Gasteiger partial charge in [-0.15, -0.1) is 24.0 Å². The number of nitrogens with one attached hydrogen (secondary N) is 2. The van der Waals surface area contributed by atoms with Crippen LogP contribution in [0.4, 0.5) is 11.5 Å². The summed E-state index contributed by atoms with van der Waals surface area (Å²) in [6, 6.07) is 8.93. The number of rotatable bonds is 7. The minimum Gasteiger partial charge on any atom is -0.493 e. The highest BCUT2D eigenvalue weighted by Gasteiger charge is 2.06. The van der Waals surface area contributed by atoms with Gasteiger partial charge in [0.15, 0.2) is 17.5 Å². The number of methoxy groups -OCH3 is 2. The zero-order valence-corrected chi connectivity index (χ0v) is 17.8. The van der Waals surface area contributed by atoms with E-state index in [-0.39, 0.29) is 48.8 Å². The van der Waals surface area contributed by atoms with Crippen molar-refractivity contribution in [2.24, 2.45) is 10.7 Å². The van der Waals surface area contributed by atoms with Crippen molar-refractivity contribution in [1.82, 2.24) is 4.98 Å². The van der Waals surface area contributed by atoms with Gasteiger partial charge in [0.1, 0.15) is 5.82 Å². The third-order valence-electron chi connectivity index (χ3n) is 3.46. The Balaban J connectivity index is 0.00000364. The Morgan fingerprint density at radius 1 is 1.15 bits per heavy atom. The van der Waals surface area contributed by atoms with Crippen LogP contribution in [0.3, 0.4) is 0 Å². The summed E-state index contributed by atoms with van der Waals surface area (Å²) in [6.07, 6.45) is 1.89. The van der Waals surface area contributed by atoms with Gasteiger partial charge in [-0.25, -0.2) is 4.98 Å². The maximum Gasteiger partial charge on any atom is 0.227 e. The van der Waals surface area contributed by atoms with Crippen molar-refractivity contribution in [3.05, 3.63) is 42.1 Å². The molecule has 0 fully saturated rings. The van der Waals surface area contributed by atoms with Crippen molar-refractivity contribution in [1.29, 1.82) is 0 Å². The fraction of sp³-hybridized carbons (Fsp3) is 0.278. The van der Waals surface area contributed by atoms with E-state index in [1.54, 1.807) is 44.7 Å². The lowest BCUT2D eigenvalue weighted by molar-refractivity contribution is -0.116. The molecule has 1 amide bonds. The number of pyridine rings is 1. The summed E-state index contributed by atoms with van der Waals surface area (Å²) in [5.41, 5.74) is 7.58. The average Bonchev–Trinajstić information content (AvgIpc) is 2.63. The number of nitrogens with two attached hydrogens (primary N) is 1. The van der Waals surface area contributed by atoms with Crippen LogP contribution in [0.2, 0.25) is 0 Å². The molecule has 0 spiro atoms. The lowest BCUT2D eigenvalue weighted by Crippen LogP contribution is -2.23. The molecule has 0 bridgehead atoms. The first-order valence-electron chi connectivity index (χ1n) is 8.03. The van der Waals surface area contributed by atoms with E-state index in [2.05, 4.69) is 20.6 Å². The topological polar surface area (TPSA) is 111 Å². The van der Waals surface area contributed by atoms with Crippen LogP contribution in [0.1, 0.15) is 12.0 Å². The number of aromatic nitrogens is 1. The second-order valence-corrected chi connectivity index (χ2v) is 5.48. The number of ether oxygens (including phenoxy) is 2. The minimum atomic E-state index is -0.177. The average molecular weight is 485 g/mol. The second-order valence-electron chi connectivity index (χ2n) is 5.48. The van der Waals surface area contributed by atoms with E-state index in [4.69, 9.17) is 15.2 Å². The summed E-state index contributed by atoms with van der Waals surface area (Å²) in [5, 5.41) is 5.66. The zero-order chi connectivity index (χ0) is 18.9. The van der Waals surface area contributed by atoms with E-state index in [0.29, 0.717) is 23.0 Å². The second kappa shape index (κ2) is 11.2. The van der Waals surface area contributed by atoms with Gasteiger partial charge < -0.3 is 25.8 Å². The minimum absolute atomic E-state index is 0. The lowest BCUT2D eigenvalue weighted by atomic mass is 10.3. The molecule has 1 heterocycles. The third kappa shape index (κ3) is 7.29. The standard InChI is InChI=1S/C18H23N5O3.HI/c1-12-4-7-16(21-11-12)23-17(24)8-9-20-18(19)22-13-5-6-14(25-2)15(10-13)26-3;/h4-7,10-11H,8-9H2,1-3H3,(H3,19,20,22)(H,21,23,24);1H. The van der Waals surface area contributed by atoms with Gasteiger partial charge in [-0.1, -0.05) is 6.07 Å².